The number of rotatable bonds is 6. The van der Waals surface area contributed by atoms with Crippen LogP contribution in [-0.4, -0.2) is 37.4 Å². The summed E-state index contributed by atoms with van der Waals surface area (Å²) in [5.74, 6) is 0.571. The topological polar surface area (TPSA) is 73.6 Å². The molecule has 0 heterocycles. The fourth-order valence-corrected chi connectivity index (χ4v) is 4.24. The molecule has 0 saturated heterocycles. The fourth-order valence-electron chi connectivity index (χ4n) is 4.24. The van der Waals surface area contributed by atoms with E-state index in [1.165, 1.54) is 12.1 Å². The third-order valence-corrected chi connectivity index (χ3v) is 5.30. The molecular formula is C19H26ClF3N2O3. The van der Waals surface area contributed by atoms with Crippen LogP contribution in [0.25, 0.3) is 0 Å². The van der Waals surface area contributed by atoms with Gasteiger partial charge in [-0.3, -0.25) is 4.79 Å². The summed E-state index contributed by atoms with van der Waals surface area (Å²) < 4.78 is 47.2. The molecule has 2 aliphatic carbocycles. The number of carbonyl (C=O) groups is 1. The van der Waals surface area contributed by atoms with Crippen molar-refractivity contribution in [1.29, 1.82) is 0 Å². The SMILES string of the molecule is Cl.NC1CC2CCCC(C1)C2NC(=O)COc1ccccc1OCC(F)(F)F. The molecular weight excluding hydrogens is 397 g/mol. The van der Waals surface area contributed by atoms with Crippen LogP contribution in [0.1, 0.15) is 32.1 Å². The number of hydrogen-bond acceptors (Lipinski definition) is 4. The standard InChI is InChI=1S/C19H25F3N2O3.ClH/c20-19(21,22)11-27-16-7-2-1-6-15(16)26-10-17(25)24-18-12-4-3-5-13(18)9-14(23)8-12;/h1-2,6-7,12-14,18H,3-5,8-11,23H2,(H,24,25);1H. The van der Waals surface area contributed by atoms with E-state index < -0.39 is 12.8 Å². The predicted octanol–water partition coefficient (Wildman–Crippen LogP) is 3.45. The second-order valence-electron chi connectivity index (χ2n) is 7.42. The third kappa shape index (κ3) is 6.17. The van der Waals surface area contributed by atoms with E-state index in [9.17, 15) is 18.0 Å². The molecule has 0 spiro atoms. The van der Waals surface area contributed by atoms with Crippen molar-refractivity contribution in [2.45, 2.75) is 50.4 Å². The first-order chi connectivity index (χ1) is 12.8. The van der Waals surface area contributed by atoms with E-state index in [1.807, 2.05) is 0 Å². The number of para-hydroxylation sites is 2. The summed E-state index contributed by atoms with van der Waals surface area (Å²) in [4.78, 5) is 12.3. The molecule has 0 radical (unpaired) electrons. The summed E-state index contributed by atoms with van der Waals surface area (Å²) in [6.45, 7) is -1.68. The highest BCUT2D eigenvalue weighted by atomic mass is 35.5. The minimum Gasteiger partial charge on any atom is -0.480 e. The lowest BCUT2D eigenvalue weighted by atomic mass is 9.67. The summed E-state index contributed by atoms with van der Waals surface area (Å²) >= 11 is 0. The number of benzene rings is 1. The van der Waals surface area contributed by atoms with Gasteiger partial charge in [0.05, 0.1) is 0 Å². The molecule has 0 aromatic heterocycles. The number of alkyl halides is 3. The van der Waals surface area contributed by atoms with E-state index >= 15 is 0 Å². The zero-order chi connectivity index (χ0) is 19.4. The molecule has 2 fully saturated rings. The van der Waals surface area contributed by atoms with E-state index in [0.717, 1.165) is 32.1 Å². The van der Waals surface area contributed by atoms with Crippen molar-refractivity contribution in [2.75, 3.05) is 13.2 Å². The smallest absolute Gasteiger partial charge is 0.422 e. The van der Waals surface area contributed by atoms with Crippen molar-refractivity contribution in [3.05, 3.63) is 24.3 Å². The summed E-state index contributed by atoms with van der Waals surface area (Å²) in [5.41, 5.74) is 6.10. The average molecular weight is 423 g/mol. The van der Waals surface area contributed by atoms with Crippen molar-refractivity contribution in [3.63, 3.8) is 0 Å². The van der Waals surface area contributed by atoms with E-state index in [1.54, 1.807) is 12.1 Å². The quantitative estimate of drug-likeness (QED) is 0.736. The van der Waals surface area contributed by atoms with Gasteiger partial charge in [0.15, 0.2) is 24.7 Å². The highest BCUT2D eigenvalue weighted by molar-refractivity contribution is 5.85. The van der Waals surface area contributed by atoms with Crippen LogP contribution in [0.15, 0.2) is 24.3 Å². The minimum absolute atomic E-state index is 0. The Morgan fingerprint density at radius 3 is 2.25 bits per heavy atom. The van der Waals surface area contributed by atoms with Crippen molar-refractivity contribution in [3.8, 4) is 11.5 Å². The first-order valence-electron chi connectivity index (χ1n) is 9.28. The number of hydrogen-bond donors (Lipinski definition) is 2. The molecule has 2 bridgehead atoms. The number of carbonyl (C=O) groups excluding carboxylic acids is 1. The average Bonchev–Trinajstić information content (AvgIpc) is 2.59. The lowest BCUT2D eigenvalue weighted by Gasteiger charge is -2.45. The van der Waals surface area contributed by atoms with Crippen LogP contribution in [-0.2, 0) is 4.79 Å². The Bertz CT molecular complexity index is 646. The first kappa shape index (κ1) is 22.6. The van der Waals surface area contributed by atoms with Crippen LogP contribution in [0.4, 0.5) is 13.2 Å². The Morgan fingerprint density at radius 1 is 1.11 bits per heavy atom. The largest absolute Gasteiger partial charge is 0.480 e. The maximum Gasteiger partial charge on any atom is 0.422 e. The molecule has 1 aromatic rings. The number of nitrogens with one attached hydrogen (secondary N) is 1. The van der Waals surface area contributed by atoms with Crippen molar-refractivity contribution >= 4 is 18.3 Å². The Hall–Kier alpha value is -1.67. The highest BCUT2D eigenvalue weighted by Crippen LogP contribution is 2.39. The molecule has 2 atom stereocenters. The van der Waals surface area contributed by atoms with E-state index in [4.69, 9.17) is 15.2 Å². The zero-order valence-corrected chi connectivity index (χ0v) is 16.2. The van der Waals surface area contributed by atoms with Gasteiger partial charge in [-0.15, -0.1) is 12.4 Å². The van der Waals surface area contributed by atoms with Gasteiger partial charge in [-0.2, -0.15) is 13.2 Å². The van der Waals surface area contributed by atoms with E-state index in [-0.39, 0.29) is 48.5 Å². The van der Waals surface area contributed by atoms with Gasteiger partial charge in [-0.1, -0.05) is 18.6 Å². The lowest BCUT2D eigenvalue weighted by Crippen LogP contribution is -2.54. The molecule has 2 saturated carbocycles. The van der Waals surface area contributed by atoms with Gasteiger partial charge in [0.25, 0.3) is 5.91 Å². The molecule has 28 heavy (non-hydrogen) atoms. The molecule has 1 amide bonds. The van der Waals surface area contributed by atoms with Crippen LogP contribution in [0.3, 0.4) is 0 Å². The molecule has 0 aliphatic heterocycles. The lowest BCUT2D eigenvalue weighted by molar-refractivity contribution is -0.153. The molecule has 158 valence electrons. The predicted molar refractivity (Wildman–Crippen MR) is 101 cm³/mol. The number of ether oxygens (including phenoxy) is 2. The number of nitrogens with two attached hydrogens (primary N) is 1. The molecule has 9 heteroatoms. The van der Waals surface area contributed by atoms with Crippen LogP contribution >= 0.6 is 12.4 Å². The molecule has 1 aromatic carbocycles. The minimum atomic E-state index is -4.44. The van der Waals surface area contributed by atoms with Gasteiger partial charge < -0.3 is 20.5 Å². The Balaban J connectivity index is 0.00000280. The van der Waals surface area contributed by atoms with Crippen LogP contribution in [0.5, 0.6) is 11.5 Å². The Morgan fingerprint density at radius 2 is 1.68 bits per heavy atom. The summed E-state index contributed by atoms with van der Waals surface area (Å²) in [5, 5.41) is 3.05. The molecule has 5 nitrogen and oxygen atoms in total. The summed E-state index contributed by atoms with van der Waals surface area (Å²) in [7, 11) is 0. The van der Waals surface area contributed by atoms with Gasteiger partial charge in [-0.25, -0.2) is 0 Å². The number of fused-ring (bicyclic) bond motifs is 2. The van der Waals surface area contributed by atoms with E-state index in [0.29, 0.717) is 11.8 Å². The maximum absolute atomic E-state index is 12.3. The van der Waals surface area contributed by atoms with Crippen molar-refractivity contribution in [1.82, 2.24) is 5.32 Å². The highest BCUT2D eigenvalue weighted by Gasteiger charge is 2.39. The number of amides is 1. The Kier molecular flexibility index (Phi) is 7.83. The molecule has 2 aliphatic rings. The Labute approximate surface area is 168 Å². The second-order valence-corrected chi connectivity index (χ2v) is 7.42. The first-order valence-corrected chi connectivity index (χ1v) is 9.28. The molecule has 3 N–H and O–H groups in total. The van der Waals surface area contributed by atoms with Crippen LogP contribution in [0.2, 0.25) is 0 Å². The maximum atomic E-state index is 12.3. The monoisotopic (exact) mass is 422 g/mol. The van der Waals surface area contributed by atoms with Gasteiger partial charge in [-0.05, 0) is 49.7 Å². The summed E-state index contributed by atoms with van der Waals surface area (Å²) in [6, 6.07) is 6.32. The van der Waals surface area contributed by atoms with Gasteiger partial charge in [0.2, 0.25) is 0 Å². The van der Waals surface area contributed by atoms with Crippen molar-refractivity contribution in [2.24, 2.45) is 17.6 Å². The van der Waals surface area contributed by atoms with Crippen molar-refractivity contribution < 1.29 is 27.4 Å². The van der Waals surface area contributed by atoms with Crippen LogP contribution in [0, 0.1) is 11.8 Å². The summed E-state index contributed by atoms with van der Waals surface area (Å²) in [6.07, 6.45) is 0.667. The normalized spacial score (nSPS) is 26.7. The third-order valence-electron chi connectivity index (χ3n) is 5.30. The van der Waals surface area contributed by atoms with Crippen LogP contribution < -0.4 is 20.5 Å². The number of halogens is 4. The zero-order valence-electron chi connectivity index (χ0n) is 15.4. The fraction of sp³-hybridized carbons (Fsp3) is 0.632. The second kappa shape index (κ2) is 9.69. The van der Waals surface area contributed by atoms with Gasteiger partial charge in [0.1, 0.15) is 0 Å². The van der Waals surface area contributed by atoms with Gasteiger partial charge >= 0.3 is 6.18 Å². The molecule has 2 unspecified atom stereocenters. The van der Waals surface area contributed by atoms with Gasteiger partial charge in [0, 0.05) is 12.1 Å². The molecule has 3 rings (SSSR count). The van der Waals surface area contributed by atoms with E-state index in [2.05, 4.69) is 5.32 Å².